The number of hydrogen-bond acceptors (Lipinski definition) is 3. The number of nitrogens with zero attached hydrogens (tertiary/aromatic N) is 1. The van der Waals surface area contributed by atoms with E-state index in [1.165, 1.54) is 19.3 Å². The van der Waals surface area contributed by atoms with Crippen molar-refractivity contribution in [2.45, 2.75) is 50.7 Å². The molecule has 0 saturated heterocycles. The Morgan fingerprint density at radius 3 is 2.67 bits per heavy atom. The molecule has 0 aliphatic heterocycles. The lowest BCUT2D eigenvalue weighted by atomic mass is 10.1. The van der Waals surface area contributed by atoms with Crippen molar-refractivity contribution in [1.29, 1.82) is 0 Å². The van der Waals surface area contributed by atoms with Gasteiger partial charge in [0.15, 0.2) is 0 Å². The Hall–Kier alpha value is -0.120. The highest BCUT2D eigenvalue weighted by atomic mass is 16.3. The standard InChI is InChI=1S/C12H26N2O/c1-14(2)10-6-9-13-11-7-4-3-5-8-12(11)15/h11-13,15H,3-10H2,1-2H3. The minimum absolute atomic E-state index is 0.119. The summed E-state index contributed by atoms with van der Waals surface area (Å²) in [6, 6.07) is 0.342. The Bertz CT molecular complexity index is 162. The molecule has 0 heterocycles. The van der Waals surface area contributed by atoms with Crippen molar-refractivity contribution in [3.05, 3.63) is 0 Å². The predicted molar refractivity (Wildman–Crippen MR) is 64.1 cm³/mol. The summed E-state index contributed by atoms with van der Waals surface area (Å²) in [5, 5.41) is 13.4. The summed E-state index contributed by atoms with van der Waals surface area (Å²) in [4.78, 5) is 2.20. The zero-order valence-corrected chi connectivity index (χ0v) is 10.2. The molecule has 0 spiro atoms. The SMILES string of the molecule is CN(C)CCCNC1CCCCCC1O. The van der Waals surface area contributed by atoms with Crippen LogP contribution in [0.25, 0.3) is 0 Å². The monoisotopic (exact) mass is 214 g/mol. The Kier molecular flexibility index (Phi) is 6.22. The number of nitrogens with one attached hydrogen (secondary N) is 1. The first-order valence-corrected chi connectivity index (χ1v) is 6.26. The third-order valence-corrected chi connectivity index (χ3v) is 3.17. The van der Waals surface area contributed by atoms with Crippen LogP contribution in [0.2, 0.25) is 0 Å². The van der Waals surface area contributed by atoms with Gasteiger partial charge in [-0.3, -0.25) is 0 Å². The molecule has 0 aromatic rings. The zero-order chi connectivity index (χ0) is 11.1. The van der Waals surface area contributed by atoms with Gasteiger partial charge in [-0.1, -0.05) is 19.3 Å². The highest BCUT2D eigenvalue weighted by Gasteiger charge is 2.20. The molecule has 15 heavy (non-hydrogen) atoms. The minimum Gasteiger partial charge on any atom is -0.392 e. The van der Waals surface area contributed by atoms with E-state index in [0.717, 1.165) is 32.4 Å². The molecule has 0 aromatic carbocycles. The topological polar surface area (TPSA) is 35.5 Å². The smallest absolute Gasteiger partial charge is 0.0693 e. The van der Waals surface area contributed by atoms with Crippen molar-refractivity contribution in [3.8, 4) is 0 Å². The van der Waals surface area contributed by atoms with Gasteiger partial charge in [0.25, 0.3) is 0 Å². The molecule has 1 aliphatic rings. The zero-order valence-electron chi connectivity index (χ0n) is 10.2. The maximum Gasteiger partial charge on any atom is 0.0693 e. The van der Waals surface area contributed by atoms with E-state index in [2.05, 4.69) is 24.3 Å². The van der Waals surface area contributed by atoms with E-state index in [0.29, 0.717) is 6.04 Å². The van der Waals surface area contributed by atoms with E-state index in [9.17, 15) is 5.11 Å². The summed E-state index contributed by atoms with van der Waals surface area (Å²) in [6.45, 7) is 2.15. The maximum absolute atomic E-state index is 9.88. The van der Waals surface area contributed by atoms with E-state index in [4.69, 9.17) is 0 Å². The fourth-order valence-electron chi connectivity index (χ4n) is 2.21. The van der Waals surface area contributed by atoms with Gasteiger partial charge >= 0.3 is 0 Å². The van der Waals surface area contributed by atoms with Crippen molar-refractivity contribution in [2.75, 3.05) is 27.2 Å². The summed E-state index contributed by atoms with van der Waals surface area (Å²) in [5.41, 5.74) is 0. The molecule has 3 heteroatoms. The van der Waals surface area contributed by atoms with Gasteiger partial charge in [-0.05, 0) is 46.4 Å². The lowest BCUT2D eigenvalue weighted by molar-refractivity contribution is 0.119. The number of hydrogen-bond donors (Lipinski definition) is 2. The first-order chi connectivity index (χ1) is 7.20. The summed E-state index contributed by atoms with van der Waals surface area (Å²) < 4.78 is 0. The van der Waals surface area contributed by atoms with Crippen molar-refractivity contribution in [2.24, 2.45) is 0 Å². The molecule has 0 radical (unpaired) electrons. The fourth-order valence-corrected chi connectivity index (χ4v) is 2.21. The van der Waals surface area contributed by atoms with E-state index in [-0.39, 0.29) is 6.10 Å². The first kappa shape index (κ1) is 12.9. The largest absolute Gasteiger partial charge is 0.392 e. The van der Waals surface area contributed by atoms with Crippen LogP contribution >= 0.6 is 0 Å². The van der Waals surface area contributed by atoms with E-state index < -0.39 is 0 Å². The molecule has 1 saturated carbocycles. The van der Waals surface area contributed by atoms with Gasteiger partial charge in [-0.25, -0.2) is 0 Å². The van der Waals surface area contributed by atoms with Crippen LogP contribution in [0.15, 0.2) is 0 Å². The number of aliphatic hydroxyl groups excluding tert-OH is 1. The lowest BCUT2D eigenvalue weighted by Gasteiger charge is -2.22. The molecule has 0 bridgehead atoms. The molecule has 2 atom stereocenters. The molecule has 2 N–H and O–H groups in total. The van der Waals surface area contributed by atoms with Crippen LogP contribution in [-0.4, -0.2) is 49.3 Å². The molecule has 1 aliphatic carbocycles. The van der Waals surface area contributed by atoms with Crippen LogP contribution in [0, 0.1) is 0 Å². The Balaban J connectivity index is 2.12. The van der Waals surface area contributed by atoms with Gasteiger partial charge in [0.05, 0.1) is 6.10 Å². The minimum atomic E-state index is -0.119. The number of aliphatic hydroxyl groups is 1. The molecule has 3 nitrogen and oxygen atoms in total. The van der Waals surface area contributed by atoms with Crippen LogP contribution in [-0.2, 0) is 0 Å². The van der Waals surface area contributed by atoms with E-state index >= 15 is 0 Å². The van der Waals surface area contributed by atoms with E-state index in [1.54, 1.807) is 0 Å². The van der Waals surface area contributed by atoms with Gasteiger partial charge in [0.2, 0.25) is 0 Å². The van der Waals surface area contributed by atoms with Crippen LogP contribution in [0.1, 0.15) is 38.5 Å². The van der Waals surface area contributed by atoms with Crippen molar-refractivity contribution in [3.63, 3.8) is 0 Å². The molecule has 1 fully saturated rings. The number of rotatable bonds is 5. The van der Waals surface area contributed by atoms with Crippen molar-refractivity contribution >= 4 is 0 Å². The van der Waals surface area contributed by atoms with Crippen LogP contribution in [0.5, 0.6) is 0 Å². The van der Waals surface area contributed by atoms with E-state index in [1.807, 2.05) is 0 Å². The third kappa shape index (κ3) is 5.50. The van der Waals surface area contributed by atoms with Crippen LogP contribution in [0.4, 0.5) is 0 Å². The summed E-state index contributed by atoms with van der Waals surface area (Å²) in [7, 11) is 4.20. The highest BCUT2D eigenvalue weighted by molar-refractivity contribution is 4.78. The van der Waals surface area contributed by atoms with Crippen LogP contribution < -0.4 is 5.32 Å². The average Bonchev–Trinajstić information content (AvgIpc) is 2.38. The van der Waals surface area contributed by atoms with Crippen molar-refractivity contribution in [1.82, 2.24) is 10.2 Å². The van der Waals surface area contributed by atoms with Gasteiger partial charge < -0.3 is 15.3 Å². The second-order valence-electron chi connectivity index (χ2n) is 4.92. The van der Waals surface area contributed by atoms with Gasteiger partial charge in [0, 0.05) is 6.04 Å². The first-order valence-electron chi connectivity index (χ1n) is 6.26. The Morgan fingerprint density at radius 1 is 1.20 bits per heavy atom. The highest BCUT2D eigenvalue weighted by Crippen LogP contribution is 2.17. The summed E-state index contributed by atoms with van der Waals surface area (Å²) in [6.07, 6.45) is 6.91. The third-order valence-electron chi connectivity index (χ3n) is 3.17. The normalized spacial score (nSPS) is 28.0. The maximum atomic E-state index is 9.88. The van der Waals surface area contributed by atoms with Crippen LogP contribution in [0.3, 0.4) is 0 Å². The fraction of sp³-hybridized carbons (Fsp3) is 1.00. The summed E-state index contributed by atoms with van der Waals surface area (Å²) in [5.74, 6) is 0. The van der Waals surface area contributed by atoms with Gasteiger partial charge in [0.1, 0.15) is 0 Å². The molecular weight excluding hydrogens is 188 g/mol. The molecule has 2 unspecified atom stereocenters. The lowest BCUT2D eigenvalue weighted by Crippen LogP contribution is -2.40. The molecular formula is C12H26N2O. The second-order valence-corrected chi connectivity index (χ2v) is 4.92. The van der Waals surface area contributed by atoms with Crippen molar-refractivity contribution < 1.29 is 5.11 Å². The average molecular weight is 214 g/mol. The predicted octanol–water partition coefficient (Wildman–Crippen LogP) is 1.22. The van der Waals surface area contributed by atoms with Gasteiger partial charge in [-0.15, -0.1) is 0 Å². The Morgan fingerprint density at radius 2 is 1.93 bits per heavy atom. The summed E-state index contributed by atoms with van der Waals surface area (Å²) >= 11 is 0. The molecule has 0 aromatic heterocycles. The quantitative estimate of drug-likeness (QED) is 0.533. The molecule has 90 valence electrons. The molecule has 0 amide bonds. The van der Waals surface area contributed by atoms with Gasteiger partial charge in [-0.2, -0.15) is 0 Å². The molecule has 1 rings (SSSR count). The Labute approximate surface area is 93.9 Å². The second kappa shape index (κ2) is 7.20.